The summed E-state index contributed by atoms with van der Waals surface area (Å²) < 4.78 is 7.24. The van der Waals surface area contributed by atoms with Crippen molar-refractivity contribution in [2.45, 2.75) is 53.5 Å². The highest BCUT2D eigenvalue weighted by atomic mass is 16.5. The molecule has 1 aromatic rings. The van der Waals surface area contributed by atoms with E-state index in [2.05, 4.69) is 25.0 Å². The first-order chi connectivity index (χ1) is 10.4. The highest BCUT2D eigenvalue weighted by Gasteiger charge is 2.50. The van der Waals surface area contributed by atoms with Gasteiger partial charge in [-0.3, -0.25) is 4.68 Å². The van der Waals surface area contributed by atoms with E-state index in [1.54, 1.807) is 6.07 Å². The van der Waals surface area contributed by atoms with Gasteiger partial charge < -0.3 is 4.74 Å². The van der Waals surface area contributed by atoms with Gasteiger partial charge in [0.15, 0.2) is 5.69 Å². The number of esters is 1. The second kappa shape index (κ2) is 5.56. The smallest absolute Gasteiger partial charge is 0.358 e. The van der Waals surface area contributed by atoms with Crippen molar-refractivity contribution in [2.75, 3.05) is 6.61 Å². The topological polar surface area (TPSA) is 44.1 Å². The highest BCUT2D eigenvalue weighted by molar-refractivity contribution is 5.87. The van der Waals surface area contributed by atoms with Gasteiger partial charge in [0.25, 0.3) is 0 Å². The maximum atomic E-state index is 12.1. The van der Waals surface area contributed by atoms with Gasteiger partial charge in [-0.05, 0) is 50.0 Å². The molecule has 0 unspecified atom stereocenters. The van der Waals surface area contributed by atoms with Crippen LogP contribution in [0.4, 0.5) is 0 Å². The van der Waals surface area contributed by atoms with Crippen LogP contribution in [0.15, 0.2) is 17.7 Å². The predicted molar refractivity (Wildman–Crippen MR) is 85.6 cm³/mol. The van der Waals surface area contributed by atoms with Crippen LogP contribution < -0.4 is 0 Å². The van der Waals surface area contributed by atoms with Crippen LogP contribution >= 0.6 is 0 Å². The summed E-state index contributed by atoms with van der Waals surface area (Å²) in [6.45, 7) is 9.92. The number of hydrogen-bond acceptors (Lipinski definition) is 3. The number of hydrogen-bond donors (Lipinski definition) is 0. The Morgan fingerprint density at radius 1 is 1.50 bits per heavy atom. The third-order valence-electron chi connectivity index (χ3n) is 5.70. The molecule has 1 aromatic heterocycles. The SMILES string of the molecule is CCn1nc(C(=O)OCCC2=CC[C@H]3C[C@@H]2C3(C)C)cc1C. The van der Waals surface area contributed by atoms with Gasteiger partial charge in [-0.15, -0.1) is 0 Å². The van der Waals surface area contributed by atoms with Gasteiger partial charge >= 0.3 is 5.97 Å². The number of ether oxygens (including phenoxy) is 1. The van der Waals surface area contributed by atoms with E-state index in [0.717, 1.165) is 24.6 Å². The van der Waals surface area contributed by atoms with Crippen LogP contribution in [0.1, 0.15) is 56.2 Å². The largest absolute Gasteiger partial charge is 0.461 e. The fourth-order valence-corrected chi connectivity index (χ4v) is 4.02. The lowest BCUT2D eigenvalue weighted by Gasteiger charge is -2.56. The van der Waals surface area contributed by atoms with Crippen LogP contribution in [-0.4, -0.2) is 22.4 Å². The van der Waals surface area contributed by atoms with Crippen molar-refractivity contribution in [3.05, 3.63) is 29.1 Å². The quantitative estimate of drug-likeness (QED) is 0.614. The number of fused-ring (bicyclic) bond motifs is 1. The first-order valence-corrected chi connectivity index (χ1v) is 8.34. The molecule has 0 amide bonds. The van der Waals surface area contributed by atoms with Gasteiger partial charge in [0.05, 0.1) is 6.61 Å². The molecular weight excluding hydrogens is 276 g/mol. The molecule has 4 heteroatoms. The van der Waals surface area contributed by atoms with E-state index >= 15 is 0 Å². The lowest BCUT2D eigenvalue weighted by atomic mass is 9.48. The molecule has 0 radical (unpaired) electrons. The second-order valence-corrected chi connectivity index (χ2v) is 7.19. The highest BCUT2D eigenvalue weighted by Crippen LogP contribution is 2.59. The summed E-state index contributed by atoms with van der Waals surface area (Å²) in [4.78, 5) is 12.1. The van der Waals surface area contributed by atoms with Crippen LogP contribution in [0.25, 0.3) is 0 Å². The molecule has 22 heavy (non-hydrogen) atoms. The first kappa shape index (κ1) is 15.3. The first-order valence-electron chi connectivity index (χ1n) is 8.34. The minimum absolute atomic E-state index is 0.308. The lowest BCUT2D eigenvalue weighted by molar-refractivity contribution is -0.0103. The van der Waals surface area contributed by atoms with Crippen molar-refractivity contribution < 1.29 is 9.53 Å². The van der Waals surface area contributed by atoms with Crippen molar-refractivity contribution in [2.24, 2.45) is 17.3 Å². The minimum Gasteiger partial charge on any atom is -0.461 e. The Balaban J connectivity index is 1.53. The summed E-state index contributed by atoms with van der Waals surface area (Å²) in [7, 11) is 0. The van der Waals surface area contributed by atoms with Gasteiger partial charge in [0.1, 0.15) is 0 Å². The van der Waals surface area contributed by atoms with E-state index in [-0.39, 0.29) is 5.97 Å². The number of aromatic nitrogens is 2. The normalized spacial score (nSPS) is 25.4. The van der Waals surface area contributed by atoms with Crippen molar-refractivity contribution in [3.8, 4) is 0 Å². The van der Waals surface area contributed by atoms with Crippen LogP contribution in [0.2, 0.25) is 0 Å². The summed E-state index contributed by atoms with van der Waals surface area (Å²) in [6, 6.07) is 1.80. The van der Waals surface area contributed by atoms with Gasteiger partial charge in [0, 0.05) is 18.7 Å². The Bertz CT molecular complexity index is 613. The molecule has 3 aliphatic carbocycles. The predicted octanol–water partition coefficient (Wildman–Crippen LogP) is 3.75. The minimum atomic E-state index is -0.308. The van der Waals surface area contributed by atoms with Crippen molar-refractivity contribution in [1.82, 2.24) is 9.78 Å². The molecule has 1 fully saturated rings. The van der Waals surface area contributed by atoms with E-state index in [9.17, 15) is 4.79 Å². The maximum absolute atomic E-state index is 12.1. The fraction of sp³-hybridized carbons (Fsp3) is 0.667. The number of carbonyl (C=O) groups is 1. The molecule has 3 aliphatic rings. The number of carbonyl (C=O) groups excluding carboxylic acids is 1. The monoisotopic (exact) mass is 302 g/mol. The Labute approximate surface area is 132 Å². The van der Waals surface area contributed by atoms with E-state index < -0.39 is 0 Å². The zero-order valence-corrected chi connectivity index (χ0v) is 14.1. The second-order valence-electron chi connectivity index (χ2n) is 7.19. The number of nitrogens with zero attached hydrogens (tertiary/aromatic N) is 2. The Morgan fingerprint density at radius 3 is 2.86 bits per heavy atom. The molecule has 0 aromatic carbocycles. The Morgan fingerprint density at radius 2 is 2.27 bits per heavy atom. The maximum Gasteiger partial charge on any atom is 0.358 e. The van der Waals surface area contributed by atoms with E-state index in [4.69, 9.17) is 4.74 Å². The third kappa shape index (κ3) is 2.49. The van der Waals surface area contributed by atoms with E-state index in [0.29, 0.717) is 23.6 Å². The number of aryl methyl sites for hydroxylation is 2. The molecule has 4 rings (SSSR count). The van der Waals surface area contributed by atoms with Crippen LogP contribution in [-0.2, 0) is 11.3 Å². The van der Waals surface area contributed by atoms with Gasteiger partial charge in [-0.2, -0.15) is 5.10 Å². The van der Waals surface area contributed by atoms with E-state index in [1.807, 2.05) is 18.5 Å². The molecule has 0 N–H and O–H groups in total. The summed E-state index contributed by atoms with van der Waals surface area (Å²) in [5.74, 6) is 1.23. The molecule has 2 atom stereocenters. The van der Waals surface area contributed by atoms with Crippen molar-refractivity contribution >= 4 is 5.97 Å². The zero-order valence-electron chi connectivity index (χ0n) is 14.1. The summed E-state index contributed by atoms with van der Waals surface area (Å²) in [6.07, 6.45) is 5.73. The van der Waals surface area contributed by atoms with Crippen molar-refractivity contribution in [1.29, 1.82) is 0 Å². The molecule has 0 aliphatic heterocycles. The lowest BCUT2D eigenvalue weighted by Crippen LogP contribution is -2.48. The van der Waals surface area contributed by atoms with Crippen LogP contribution in [0.5, 0.6) is 0 Å². The molecular formula is C18H26N2O2. The molecule has 0 spiro atoms. The molecule has 2 bridgehead atoms. The third-order valence-corrected chi connectivity index (χ3v) is 5.70. The van der Waals surface area contributed by atoms with Gasteiger partial charge in [-0.25, -0.2) is 4.79 Å². The number of rotatable bonds is 5. The van der Waals surface area contributed by atoms with Crippen molar-refractivity contribution in [3.63, 3.8) is 0 Å². The van der Waals surface area contributed by atoms with Crippen LogP contribution in [0.3, 0.4) is 0 Å². The fourth-order valence-electron chi connectivity index (χ4n) is 4.02. The number of allylic oxidation sites excluding steroid dienone is 1. The standard InChI is InChI=1S/C18H26N2O2/c1-5-20-12(2)10-16(19-20)17(21)22-9-8-13-6-7-14-11-15(13)18(14,3)4/h6,10,14-15H,5,7-9,11H2,1-4H3/t14-,15-/m0/s1. The Kier molecular flexibility index (Phi) is 3.87. The molecule has 1 heterocycles. The zero-order chi connectivity index (χ0) is 15.9. The van der Waals surface area contributed by atoms with Gasteiger partial charge in [-0.1, -0.05) is 25.5 Å². The van der Waals surface area contributed by atoms with Crippen LogP contribution in [0, 0.1) is 24.2 Å². The van der Waals surface area contributed by atoms with E-state index in [1.165, 1.54) is 18.4 Å². The summed E-state index contributed by atoms with van der Waals surface area (Å²) in [5, 5.41) is 4.27. The van der Waals surface area contributed by atoms with Gasteiger partial charge in [0.2, 0.25) is 0 Å². The summed E-state index contributed by atoms with van der Waals surface area (Å²) in [5.41, 5.74) is 3.33. The molecule has 0 saturated heterocycles. The molecule has 1 saturated carbocycles. The average molecular weight is 302 g/mol. The Hall–Kier alpha value is -1.58. The molecule has 4 nitrogen and oxygen atoms in total. The molecule has 120 valence electrons. The average Bonchev–Trinajstić information content (AvgIpc) is 2.88. The summed E-state index contributed by atoms with van der Waals surface area (Å²) >= 11 is 0.